The van der Waals surface area contributed by atoms with Gasteiger partial charge in [0.05, 0.1) is 0 Å². The van der Waals surface area contributed by atoms with Crippen LogP contribution in [-0.4, -0.2) is 18.9 Å². The van der Waals surface area contributed by atoms with Gasteiger partial charge in [0.1, 0.15) is 5.78 Å². The predicted octanol–water partition coefficient (Wildman–Crippen LogP) is 1.35. The average molecular weight is 155 g/mol. The second kappa shape index (κ2) is 3.86. The van der Waals surface area contributed by atoms with Gasteiger partial charge in [0.25, 0.3) is 0 Å². The summed E-state index contributed by atoms with van der Waals surface area (Å²) in [6.45, 7) is 1.71. The average Bonchev–Trinajstić information content (AvgIpc) is 2.04. The van der Waals surface area contributed by atoms with Gasteiger partial charge in [-0.25, -0.2) is 0 Å². The molecule has 1 aliphatic carbocycles. The SMILES string of the molecule is CN[C@H]1CCCC[C@@H]1C(C)=O. The maximum Gasteiger partial charge on any atom is 0.134 e. The molecule has 2 heteroatoms. The smallest absolute Gasteiger partial charge is 0.134 e. The Labute approximate surface area is 68.4 Å². The third-order valence-corrected chi connectivity index (χ3v) is 2.66. The zero-order valence-electron chi connectivity index (χ0n) is 7.39. The lowest BCUT2D eigenvalue weighted by Gasteiger charge is -2.29. The Hall–Kier alpha value is -0.370. The fourth-order valence-corrected chi connectivity index (χ4v) is 1.96. The first-order chi connectivity index (χ1) is 5.25. The lowest BCUT2D eigenvalue weighted by atomic mass is 9.82. The van der Waals surface area contributed by atoms with Crippen LogP contribution in [0.25, 0.3) is 0 Å². The van der Waals surface area contributed by atoms with Crippen LogP contribution in [0, 0.1) is 5.92 Å². The number of Topliss-reactive ketones (excluding diaryl/α,β-unsaturated/α-hetero) is 1. The van der Waals surface area contributed by atoms with Crippen LogP contribution >= 0.6 is 0 Å². The molecule has 0 unspecified atom stereocenters. The summed E-state index contributed by atoms with van der Waals surface area (Å²) in [5, 5.41) is 3.21. The van der Waals surface area contributed by atoms with E-state index < -0.39 is 0 Å². The van der Waals surface area contributed by atoms with Crippen molar-refractivity contribution in [3.63, 3.8) is 0 Å². The summed E-state index contributed by atoms with van der Waals surface area (Å²) in [6, 6.07) is 0.446. The Morgan fingerprint density at radius 2 is 2.00 bits per heavy atom. The maximum absolute atomic E-state index is 11.1. The molecule has 1 saturated carbocycles. The zero-order valence-corrected chi connectivity index (χ0v) is 7.39. The molecule has 2 atom stereocenters. The van der Waals surface area contributed by atoms with Gasteiger partial charge in [-0.2, -0.15) is 0 Å². The minimum atomic E-state index is 0.286. The molecular formula is C9H17NO. The highest BCUT2D eigenvalue weighted by Gasteiger charge is 2.26. The van der Waals surface area contributed by atoms with Crippen LogP contribution in [0.5, 0.6) is 0 Å². The molecule has 0 aromatic heterocycles. The van der Waals surface area contributed by atoms with Gasteiger partial charge in [-0.1, -0.05) is 12.8 Å². The summed E-state index contributed by atoms with van der Waals surface area (Å²) in [4.78, 5) is 11.1. The van der Waals surface area contributed by atoms with Crippen molar-refractivity contribution in [2.45, 2.75) is 38.6 Å². The van der Waals surface area contributed by atoms with Gasteiger partial charge in [0.15, 0.2) is 0 Å². The Bertz CT molecular complexity index is 144. The first-order valence-corrected chi connectivity index (χ1v) is 4.43. The summed E-state index contributed by atoms with van der Waals surface area (Å²) in [5.74, 6) is 0.637. The molecule has 0 aliphatic heterocycles. The van der Waals surface area contributed by atoms with Gasteiger partial charge in [-0.15, -0.1) is 0 Å². The quantitative estimate of drug-likeness (QED) is 0.652. The molecule has 0 radical (unpaired) electrons. The summed E-state index contributed by atoms with van der Waals surface area (Å²) in [5.41, 5.74) is 0. The Balaban J connectivity index is 2.51. The third-order valence-electron chi connectivity index (χ3n) is 2.66. The van der Waals surface area contributed by atoms with E-state index >= 15 is 0 Å². The maximum atomic E-state index is 11.1. The van der Waals surface area contributed by atoms with Crippen molar-refractivity contribution in [2.75, 3.05) is 7.05 Å². The van der Waals surface area contributed by atoms with Crippen LogP contribution in [0.15, 0.2) is 0 Å². The van der Waals surface area contributed by atoms with Crippen molar-refractivity contribution in [3.05, 3.63) is 0 Å². The van der Waals surface area contributed by atoms with Crippen molar-refractivity contribution in [1.82, 2.24) is 5.32 Å². The van der Waals surface area contributed by atoms with E-state index in [1.54, 1.807) is 6.92 Å². The standard InChI is InChI=1S/C9H17NO/c1-7(11)8-5-3-4-6-9(8)10-2/h8-10H,3-6H2,1-2H3/t8-,9+/m1/s1. The lowest BCUT2D eigenvalue weighted by molar-refractivity contribution is -0.122. The van der Waals surface area contributed by atoms with E-state index in [-0.39, 0.29) is 5.92 Å². The third kappa shape index (κ3) is 2.03. The monoisotopic (exact) mass is 155 g/mol. The van der Waals surface area contributed by atoms with Gasteiger partial charge in [-0.05, 0) is 26.8 Å². The summed E-state index contributed by atoms with van der Waals surface area (Å²) in [7, 11) is 1.95. The molecule has 1 fully saturated rings. The van der Waals surface area contributed by atoms with Gasteiger partial charge >= 0.3 is 0 Å². The van der Waals surface area contributed by atoms with E-state index in [0.29, 0.717) is 11.8 Å². The molecule has 0 heterocycles. The topological polar surface area (TPSA) is 29.1 Å². The fraction of sp³-hybridized carbons (Fsp3) is 0.889. The van der Waals surface area contributed by atoms with Crippen LogP contribution in [0.1, 0.15) is 32.6 Å². The molecule has 2 nitrogen and oxygen atoms in total. The van der Waals surface area contributed by atoms with Crippen molar-refractivity contribution in [3.8, 4) is 0 Å². The number of ketones is 1. The lowest BCUT2D eigenvalue weighted by Crippen LogP contribution is -2.39. The molecular weight excluding hydrogens is 138 g/mol. The zero-order chi connectivity index (χ0) is 8.27. The van der Waals surface area contributed by atoms with E-state index in [1.165, 1.54) is 19.3 Å². The molecule has 0 spiro atoms. The van der Waals surface area contributed by atoms with Crippen LogP contribution in [0.4, 0.5) is 0 Å². The summed E-state index contributed by atoms with van der Waals surface area (Å²) >= 11 is 0. The van der Waals surface area contributed by atoms with Crippen molar-refractivity contribution < 1.29 is 4.79 Å². The van der Waals surface area contributed by atoms with Crippen LogP contribution in [0.3, 0.4) is 0 Å². The number of nitrogens with one attached hydrogen (secondary N) is 1. The van der Waals surface area contributed by atoms with Crippen molar-refractivity contribution >= 4 is 5.78 Å². The van der Waals surface area contributed by atoms with E-state index in [4.69, 9.17) is 0 Å². The first-order valence-electron chi connectivity index (χ1n) is 4.43. The minimum Gasteiger partial charge on any atom is -0.316 e. The number of carbonyl (C=O) groups excluding carboxylic acids is 1. The van der Waals surface area contributed by atoms with Crippen LogP contribution < -0.4 is 5.32 Å². The van der Waals surface area contributed by atoms with Crippen molar-refractivity contribution in [1.29, 1.82) is 0 Å². The van der Waals surface area contributed by atoms with Gasteiger partial charge in [0, 0.05) is 12.0 Å². The molecule has 0 amide bonds. The molecule has 64 valence electrons. The van der Waals surface area contributed by atoms with Gasteiger partial charge < -0.3 is 5.32 Å². The molecule has 1 N–H and O–H groups in total. The van der Waals surface area contributed by atoms with E-state index in [2.05, 4.69) is 5.32 Å². The van der Waals surface area contributed by atoms with Crippen LogP contribution in [0.2, 0.25) is 0 Å². The molecule has 1 aliphatic rings. The molecule has 0 aromatic rings. The highest BCUT2D eigenvalue weighted by Crippen LogP contribution is 2.24. The van der Waals surface area contributed by atoms with Crippen molar-refractivity contribution in [2.24, 2.45) is 5.92 Å². The second-order valence-corrected chi connectivity index (χ2v) is 3.40. The van der Waals surface area contributed by atoms with Gasteiger partial charge in [-0.3, -0.25) is 4.79 Å². The number of hydrogen-bond acceptors (Lipinski definition) is 2. The second-order valence-electron chi connectivity index (χ2n) is 3.40. The minimum absolute atomic E-state index is 0.286. The normalized spacial score (nSPS) is 31.8. The Morgan fingerprint density at radius 3 is 2.45 bits per heavy atom. The largest absolute Gasteiger partial charge is 0.316 e. The van der Waals surface area contributed by atoms with E-state index in [0.717, 1.165) is 6.42 Å². The van der Waals surface area contributed by atoms with Gasteiger partial charge in [0.2, 0.25) is 0 Å². The number of hydrogen-bond donors (Lipinski definition) is 1. The molecule has 11 heavy (non-hydrogen) atoms. The molecule has 0 saturated heterocycles. The fourth-order valence-electron chi connectivity index (χ4n) is 1.96. The van der Waals surface area contributed by atoms with E-state index in [9.17, 15) is 4.79 Å². The predicted molar refractivity (Wildman–Crippen MR) is 45.5 cm³/mol. The summed E-state index contributed by atoms with van der Waals surface area (Å²) in [6.07, 6.45) is 4.75. The molecule has 0 bridgehead atoms. The summed E-state index contributed by atoms with van der Waals surface area (Å²) < 4.78 is 0. The highest BCUT2D eigenvalue weighted by molar-refractivity contribution is 5.79. The van der Waals surface area contributed by atoms with E-state index in [1.807, 2.05) is 7.05 Å². The Kier molecular flexibility index (Phi) is 3.06. The Morgan fingerprint density at radius 1 is 1.36 bits per heavy atom. The van der Waals surface area contributed by atoms with Crippen LogP contribution in [-0.2, 0) is 4.79 Å². The number of carbonyl (C=O) groups is 1. The number of rotatable bonds is 2. The molecule has 0 aromatic carbocycles. The molecule has 1 rings (SSSR count). The first kappa shape index (κ1) is 8.72. The highest BCUT2D eigenvalue weighted by atomic mass is 16.1.